The summed E-state index contributed by atoms with van der Waals surface area (Å²) in [5, 5.41) is 4.54. The van der Waals surface area contributed by atoms with E-state index in [4.69, 9.17) is 0 Å². The smallest absolute Gasteiger partial charge is 0.114 e. The standard InChI is InChI=1S/C16H21N3S/c1-4-18-15(11-20-16-10-17-7-8-19-16)14-9-12(2)5-6-13(14)3/h5-10,15,18H,4,11H2,1-3H3. The van der Waals surface area contributed by atoms with Gasteiger partial charge in [0.05, 0.1) is 6.20 Å². The van der Waals surface area contributed by atoms with Crippen LogP contribution in [0.25, 0.3) is 0 Å². The molecular formula is C16H21N3S. The minimum Gasteiger partial charge on any atom is -0.309 e. The molecule has 0 saturated carbocycles. The van der Waals surface area contributed by atoms with Crippen LogP contribution < -0.4 is 5.32 Å². The Balaban J connectivity index is 2.12. The van der Waals surface area contributed by atoms with E-state index >= 15 is 0 Å². The molecule has 4 heteroatoms. The van der Waals surface area contributed by atoms with Gasteiger partial charge in [-0.3, -0.25) is 4.98 Å². The van der Waals surface area contributed by atoms with Crippen molar-refractivity contribution in [1.82, 2.24) is 15.3 Å². The van der Waals surface area contributed by atoms with Gasteiger partial charge < -0.3 is 5.32 Å². The largest absolute Gasteiger partial charge is 0.309 e. The second-order valence-electron chi connectivity index (χ2n) is 4.82. The van der Waals surface area contributed by atoms with Crippen LogP contribution in [0.4, 0.5) is 0 Å². The molecule has 1 N–H and O–H groups in total. The molecule has 106 valence electrons. The second kappa shape index (κ2) is 7.41. The molecule has 20 heavy (non-hydrogen) atoms. The topological polar surface area (TPSA) is 37.8 Å². The van der Waals surface area contributed by atoms with Crippen LogP contribution in [-0.4, -0.2) is 22.3 Å². The zero-order chi connectivity index (χ0) is 14.4. The van der Waals surface area contributed by atoms with Gasteiger partial charge in [0.25, 0.3) is 0 Å². The molecule has 0 aliphatic rings. The molecule has 0 aliphatic carbocycles. The van der Waals surface area contributed by atoms with Crippen LogP contribution in [0.1, 0.15) is 29.7 Å². The Bertz CT molecular complexity index is 543. The Morgan fingerprint density at radius 3 is 2.80 bits per heavy atom. The molecule has 3 nitrogen and oxygen atoms in total. The summed E-state index contributed by atoms with van der Waals surface area (Å²) >= 11 is 1.74. The van der Waals surface area contributed by atoms with Crippen molar-refractivity contribution in [3.63, 3.8) is 0 Å². The molecule has 1 atom stereocenters. The molecule has 1 aromatic carbocycles. The van der Waals surface area contributed by atoms with Crippen molar-refractivity contribution >= 4 is 11.8 Å². The van der Waals surface area contributed by atoms with Crippen molar-refractivity contribution in [2.75, 3.05) is 12.3 Å². The van der Waals surface area contributed by atoms with E-state index in [0.717, 1.165) is 17.3 Å². The minimum atomic E-state index is 0.340. The molecule has 0 saturated heterocycles. The highest BCUT2D eigenvalue weighted by Gasteiger charge is 2.13. The lowest BCUT2D eigenvalue weighted by Gasteiger charge is -2.20. The van der Waals surface area contributed by atoms with E-state index in [2.05, 4.69) is 54.3 Å². The number of aromatic nitrogens is 2. The van der Waals surface area contributed by atoms with Crippen molar-refractivity contribution in [2.24, 2.45) is 0 Å². The summed E-state index contributed by atoms with van der Waals surface area (Å²) < 4.78 is 0. The van der Waals surface area contributed by atoms with Gasteiger partial charge in [-0.1, -0.05) is 30.7 Å². The van der Waals surface area contributed by atoms with Gasteiger partial charge in [-0.25, -0.2) is 4.98 Å². The van der Waals surface area contributed by atoms with Gasteiger partial charge in [0, 0.05) is 24.2 Å². The fourth-order valence-electron chi connectivity index (χ4n) is 2.17. The van der Waals surface area contributed by atoms with Crippen LogP contribution in [-0.2, 0) is 0 Å². The van der Waals surface area contributed by atoms with Gasteiger partial charge in [-0.05, 0) is 31.5 Å². The number of hydrogen-bond acceptors (Lipinski definition) is 4. The summed E-state index contributed by atoms with van der Waals surface area (Å²) in [5.41, 5.74) is 4.02. The molecule has 1 heterocycles. The number of hydrogen-bond donors (Lipinski definition) is 1. The number of nitrogens with one attached hydrogen (secondary N) is 1. The predicted molar refractivity (Wildman–Crippen MR) is 85.1 cm³/mol. The maximum atomic E-state index is 4.32. The lowest BCUT2D eigenvalue weighted by atomic mass is 10.00. The van der Waals surface area contributed by atoms with E-state index in [1.54, 1.807) is 24.2 Å². The molecule has 0 bridgehead atoms. The molecule has 1 aromatic heterocycles. The lowest BCUT2D eigenvalue weighted by Crippen LogP contribution is -2.23. The van der Waals surface area contributed by atoms with Crippen molar-refractivity contribution in [2.45, 2.75) is 31.8 Å². The van der Waals surface area contributed by atoms with Crippen molar-refractivity contribution in [3.05, 3.63) is 53.5 Å². The Morgan fingerprint density at radius 1 is 1.25 bits per heavy atom. The molecule has 1 unspecified atom stereocenters. The average Bonchev–Trinajstić information content (AvgIpc) is 2.47. The fourth-order valence-corrected chi connectivity index (χ4v) is 3.07. The SMILES string of the molecule is CCNC(CSc1cnccn1)c1cc(C)ccc1C. The summed E-state index contributed by atoms with van der Waals surface area (Å²) in [4.78, 5) is 8.43. The molecule has 0 fully saturated rings. The molecule has 0 aliphatic heterocycles. The third-order valence-electron chi connectivity index (χ3n) is 3.20. The van der Waals surface area contributed by atoms with Gasteiger partial charge >= 0.3 is 0 Å². The number of benzene rings is 1. The third kappa shape index (κ3) is 4.05. The van der Waals surface area contributed by atoms with E-state index in [0.29, 0.717) is 6.04 Å². The van der Waals surface area contributed by atoms with Crippen LogP contribution in [0.15, 0.2) is 41.8 Å². The normalized spacial score (nSPS) is 12.3. The van der Waals surface area contributed by atoms with Gasteiger partial charge in [-0.2, -0.15) is 0 Å². The van der Waals surface area contributed by atoms with E-state index in [1.165, 1.54) is 16.7 Å². The molecule has 2 rings (SSSR count). The van der Waals surface area contributed by atoms with Crippen LogP contribution in [0.5, 0.6) is 0 Å². The highest BCUT2D eigenvalue weighted by atomic mass is 32.2. The van der Waals surface area contributed by atoms with Gasteiger partial charge in [0.2, 0.25) is 0 Å². The van der Waals surface area contributed by atoms with Crippen molar-refractivity contribution in [1.29, 1.82) is 0 Å². The second-order valence-corrected chi connectivity index (χ2v) is 5.87. The van der Waals surface area contributed by atoms with E-state index < -0.39 is 0 Å². The van der Waals surface area contributed by atoms with Gasteiger partial charge in [0.1, 0.15) is 5.03 Å². The fraction of sp³-hybridized carbons (Fsp3) is 0.375. The molecule has 2 aromatic rings. The Morgan fingerprint density at radius 2 is 2.10 bits per heavy atom. The lowest BCUT2D eigenvalue weighted by molar-refractivity contribution is 0.602. The minimum absolute atomic E-state index is 0.340. The van der Waals surface area contributed by atoms with Crippen LogP contribution >= 0.6 is 11.8 Å². The number of thioether (sulfide) groups is 1. The zero-order valence-electron chi connectivity index (χ0n) is 12.3. The average molecular weight is 287 g/mol. The summed E-state index contributed by atoms with van der Waals surface area (Å²) in [6.45, 7) is 7.41. The van der Waals surface area contributed by atoms with Crippen LogP contribution in [0.2, 0.25) is 0 Å². The first-order valence-electron chi connectivity index (χ1n) is 6.90. The highest BCUT2D eigenvalue weighted by molar-refractivity contribution is 7.99. The first kappa shape index (κ1) is 15.0. The highest BCUT2D eigenvalue weighted by Crippen LogP contribution is 2.25. The maximum Gasteiger partial charge on any atom is 0.114 e. The number of aryl methyl sites for hydroxylation is 2. The van der Waals surface area contributed by atoms with Crippen LogP contribution in [0.3, 0.4) is 0 Å². The van der Waals surface area contributed by atoms with Crippen molar-refractivity contribution in [3.8, 4) is 0 Å². The predicted octanol–water partition coefficient (Wildman–Crippen LogP) is 3.54. The van der Waals surface area contributed by atoms with E-state index in [9.17, 15) is 0 Å². The Labute approximate surface area is 125 Å². The molecule has 0 radical (unpaired) electrons. The Kier molecular flexibility index (Phi) is 5.56. The first-order chi connectivity index (χ1) is 9.70. The monoisotopic (exact) mass is 287 g/mol. The van der Waals surface area contributed by atoms with E-state index in [-0.39, 0.29) is 0 Å². The van der Waals surface area contributed by atoms with Gasteiger partial charge in [-0.15, -0.1) is 11.8 Å². The zero-order valence-corrected chi connectivity index (χ0v) is 13.1. The summed E-state index contributed by atoms with van der Waals surface area (Å²) in [6, 6.07) is 6.98. The molecule has 0 amide bonds. The summed E-state index contributed by atoms with van der Waals surface area (Å²) in [5.74, 6) is 0.955. The summed E-state index contributed by atoms with van der Waals surface area (Å²) in [7, 11) is 0. The maximum absolute atomic E-state index is 4.32. The molecule has 0 spiro atoms. The third-order valence-corrected chi connectivity index (χ3v) is 4.20. The van der Waals surface area contributed by atoms with Crippen LogP contribution in [0, 0.1) is 13.8 Å². The van der Waals surface area contributed by atoms with E-state index in [1.807, 2.05) is 6.20 Å². The van der Waals surface area contributed by atoms with Crippen molar-refractivity contribution < 1.29 is 0 Å². The number of rotatable bonds is 6. The molecular weight excluding hydrogens is 266 g/mol. The number of nitrogens with zero attached hydrogens (tertiary/aromatic N) is 2. The quantitative estimate of drug-likeness (QED) is 0.825. The van der Waals surface area contributed by atoms with Gasteiger partial charge in [0.15, 0.2) is 0 Å². The summed E-state index contributed by atoms with van der Waals surface area (Å²) in [6.07, 6.45) is 5.26. The first-order valence-corrected chi connectivity index (χ1v) is 7.88. The Hall–Kier alpha value is -1.39.